The van der Waals surface area contributed by atoms with Crippen LogP contribution in [0, 0.1) is 0 Å². The van der Waals surface area contributed by atoms with Crippen LogP contribution in [0.4, 0.5) is 0 Å². The van der Waals surface area contributed by atoms with Crippen LogP contribution in [0.25, 0.3) is 0 Å². The van der Waals surface area contributed by atoms with Crippen LogP contribution in [0.3, 0.4) is 0 Å². The van der Waals surface area contributed by atoms with Crippen molar-refractivity contribution in [3.8, 4) is 0 Å². The number of hydrogen-bond acceptors (Lipinski definition) is 2. The first-order valence-corrected chi connectivity index (χ1v) is 6.26. The molecule has 7 heteroatoms. The van der Waals surface area contributed by atoms with Crippen molar-refractivity contribution in [3.05, 3.63) is 0 Å². The average molecular weight is 199 g/mol. The maximum absolute atomic E-state index is 8.74. The zero-order chi connectivity index (χ0) is 6.50. The van der Waals surface area contributed by atoms with Gasteiger partial charge in [0.05, 0.1) is 0 Å². The minimum atomic E-state index is -4.67. The van der Waals surface area contributed by atoms with Gasteiger partial charge in [-0.05, 0) is 0 Å². The summed E-state index contributed by atoms with van der Waals surface area (Å²) in [6.07, 6.45) is 0. The second-order valence-corrected chi connectivity index (χ2v) is 1.34. The first-order chi connectivity index (χ1) is 3.00. The quantitative estimate of drug-likeness (QED) is 0.426. The molecule has 0 unspecified atom stereocenters. The molecule has 0 aliphatic rings. The molecule has 0 bridgehead atoms. The van der Waals surface area contributed by atoms with Crippen LogP contribution < -0.4 is 0 Å². The Morgan fingerprint density at radius 2 is 1.29 bits per heavy atom. The van der Waals surface area contributed by atoms with Gasteiger partial charge in [-0.25, -0.2) is 0 Å². The first kappa shape index (κ1) is 10.7. The van der Waals surface area contributed by atoms with Crippen LogP contribution in [-0.2, 0) is 27.7 Å². The van der Waals surface area contributed by atoms with Crippen molar-refractivity contribution in [1.29, 1.82) is 0 Å². The third kappa shape index (κ3) is 253. The van der Waals surface area contributed by atoms with Gasteiger partial charge in [0.15, 0.2) is 0 Å². The van der Waals surface area contributed by atoms with E-state index in [1.165, 1.54) is 0 Å². The molecule has 0 saturated carbocycles. The minimum absolute atomic E-state index is 0.847. The summed E-state index contributed by atoms with van der Waals surface area (Å²) in [6, 6.07) is 0. The van der Waals surface area contributed by atoms with Crippen molar-refractivity contribution in [1.82, 2.24) is 0 Å². The molecule has 7 heavy (non-hydrogen) atoms. The molecular formula is H2ClO4SZn. The summed E-state index contributed by atoms with van der Waals surface area (Å²) in [6.45, 7) is 0. The maximum atomic E-state index is 8.74. The Morgan fingerprint density at radius 1 is 1.29 bits per heavy atom. The molecule has 0 aliphatic heterocycles. The van der Waals surface area contributed by atoms with Gasteiger partial charge in [0.1, 0.15) is 0 Å². The van der Waals surface area contributed by atoms with E-state index in [2.05, 4.69) is 0 Å². The summed E-state index contributed by atoms with van der Waals surface area (Å²) >= 11 is 0.847. The van der Waals surface area contributed by atoms with Gasteiger partial charge in [-0.1, -0.05) is 0 Å². The molecule has 0 amide bonds. The van der Waals surface area contributed by atoms with E-state index in [9.17, 15) is 0 Å². The van der Waals surface area contributed by atoms with E-state index in [1.807, 2.05) is 0 Å². The van der Waals surface area contributed by atoms with Crippen molar-refractivity contribution >= 4 is 20.1 Å². The van der Waals surface area contributed by atoms with Crippen LogP contribution in [0.15, 0.2) is 0 Å². The Bertz CT molecular complexity index is 94.9. The van der Waals surface area contributed by atoms with Crippen LogP contribution in [-0.4, -0.2) is 17.5 Å². The van der Waals surface area contributed by atoms with Gasteiger partial charge in [-0.15, -0.1) is 0 Å². The molecule has 0 fully saturated rings. The predicted octanol–water partition coefficient (Wildman–Crippen LogP) is 0.0342. The summed E-state index contributed by atoms with van der Waals surface area (Å²) < 4.78 is 31.6. The van der Waals surface area contributed by atoms with Crippen LogP contribution in [0.5, 0.6) is 0 Å². The molecule has 0 aliphatic carbocycles. The second-order valence-electron chi connectivity index (χ2n) is 0.448. The van der Waals surface area contributed by atoms with Crippen molar-refractivity contribution < 1.29 is 34.8 Å². The number of hydrogen-bond donors (Lipinski definition) is 2. The van der Waals surface area contributed by atoms with Gasteiger partial charge >= 0.3 is 37.4 Å². The van der Waals surface area contributed by atoms with E-state index in [-0.39, 0.29) is 0 Å². The summed E-state index contributed by atoms with van der Waals surface area (Å²) in [5, 5.41) is 0. The molecule has 4 nitrogen and oxygen atoms in total. The van der Waals surface area contributed by atoms with E-state index in [0.717, 1.165) is 17.3 Å². The first-order valence-electron chi connectivity index (χ1n) is 0.966. The van der Waals surface area contributed by atoms with E-state index in [4.69, 9.17) is 27.2 Å². The SMILES string of the molecule is O=S(=O)(O)O.[Cl][Zn]. The van der Waals surface area contributed by atoms with Crippen molar-refractivity contribution in [2.24, 2.45) is 0 Å². The number of rotatable bonds is 0. The van der Waals surface area contributed by atoms with Gasteiger partial charge in [-0.3, -0.25) is 9.11 Å². The summed E-state index contributed by atoms with van der Waals surface area (Å²) in [4.78, 5) is 0. The molecule has 0 saturated heterocycles. The van der Waals surface area contributed by atoms with E-state index < -0.39 is 10.4 Å². The standard InChI is InChI=1S/ClH.H2O4S.Zn/c;1-5(2,3)4;/h1H;(H2,1,2,3,4);/q;;+1/p-1. The van der Waals surface area contributed by atoms with E-state index in [1.54, 1.807) is 0 Å². The molecule has 0 radical (unpaired) electrons. The Labute approximate surface area is 55.2 Å². The molecule has 0 spiro atoms. The molecule has 0 heterocycles. The zero-order valence-electron chi connectivity index (χ0n) is 3.20. The normalized spacial score (nSPS) is 9.29. The van der Waals surface area contributed by atoms with Gasteiger partial charge in [0, 0.05) is 0 Å². The molecule has 0 aromatic rings. The Kier molecular flexibility index (Phi) is 7.54. The Morgan fingerprint density at radius 3 is 1.29 bits per heavy atom. The number of halogens is 1. The van der Waals surface area contributed by atoms with Crippen LogP contribution in [0.2, 0.25) is 0 Å². The third-order valence-electron chi connectivity index (χ3n) is 0. The van der Waals surface area contributed by atoms with Crippen molar-refractivity contribution in [2.75, 3.05) is 0 Å². The van der Waals surface area contributed by atoms with Crippen molar-refractivity contribution in [3.63, 3.8) is 0 Å². The molecule has 2 N–H and O–H groups in total. The fourth-order valence-electron chi connectivity index (χ4n) is 0. The van der Waals surface area contributed by atoms with Gasteiger partial charge < -0.3 is 0 Å². The Balaban J connectivity index is 0. The summed E-state index contributed by atoms with van der Waals surface area (Å²) in [5.41, 5.74) is 0. The third-order valence-corrected chi connectivity index (χ3v) is 0. The fraction of sp³-hybridized carbons (Fsp3) is 0. The molecule has 0 atom stereocenters. The van der Waals surface area contributed by atoms with Gasteiger partial charge in [0.25, 0.3) is 0 Å². The van der Waals surface area contributed by atoms with Crippen molar-refractivity contribution in [2.45, 2.75) is 0 Å². The predicted molar refractivity (Wildman–Crippen MR) is 20.0 cm³/mol. The molecule has 0 aromatic heterocycles. The fourth-order valence-corrected chi connectivity index (χ4v) is 0. The monoisotopic (exact) mass is 197 g/mol. The molecule has 0 aromatic carbocycles. The van der Waals surface area contributed by atoms with Gasteiger partial charge in [-0.2, -0.15) is 8.42 Å². The topological polar surface area (TPSA) is 74.6 Å². The van der Waals surface area contributed by atoms with E-state index >= 15 is 0 Å². The zero-order valence-corrected chi connectivity index (χ0v) is 7.74. The summed E-state index contributed by atoms with van der Waals surface area (Å²) in [7, 11) is 0.0972. The van der Waals surface area contributed by atoms with E-state index in [0.29, 0.717) is 0 Å². The average Bonchev–Trinajstić information content (AvgIpc) is 1.36. The molecular weight excluding hydrogens is 197 g/mol. The van der Waals surface area contributed by atoms with Crippen LogP contribution in [0.1, 0.15) is 0 Å². The summed E-state index contributed by atoms with van der Waals surface area (Å²) in [5.74, 6) is 0. The second kappa shape index (κ2) is 4.93. The molecule has 0 rings (SSSR count). The van der Waals surface area contributed by atoms with Crippen LogP contribution >= 0.6 is 9.69 Å². The molecule has 41 valence electrons. The van der Waals surface area contributed by atoms with Gasteiger partial charge in [0.2, 0.25) is 0 Å². The Hall–Kier alpha value is 0.783.